The van der Waals surface area contributed by atoms with E-state index in [1.807, 2.05) is 20.0 Å². The lowest BCUT2D eigenvalue weighted by molar-refractivity contribution is 0.0696. The van der Waals surface area contributed by atoms with Crippen LogP contribution in [0.1, 0.15) is 40.5 Å². The summed E-state index contributed by atoms with van der Waals surface area (Å²) < 4.78 is 2.09. The number of aromatic carboxylic acids is 1. The lowest BCUT2D eigenvalue weighted by Gasteiger charge is -2.03. The molecule has 0 spiro atoms. The van der Waals surface area contributed by atoms with Gasteiger partial charge in [0.1, 0.15) is 0 Å². The summed E-state index contributed by atoms with van der Waals surface area (Å²) in [6.45, 7) is 6.12. The lowest BCUT2D eigenvalue weighted by Crippen LogP contribution is -2.00. The quantitative estimate of drug-likeness (QED) is 0.900. The van der Waals surface area contributed by atoms with Crippen LogP contribution in [-0.4, -0.2) is 15.6 Å². The number of carbonyl (C=O) groups is 1. The van der Waals surface area contributed by atoms with E-state index in [0.29, 0.717) is 5.56 Å². The molecule has 0 atom stereocenters. The SMILES string of the molecule is CCCc1c(C)n(C)c2cc(C(=O)O)c(C)cc12. The Hall–Kier alpha value is -1.77. The maximum Gasteiger partial charge on any atom is 0.336 e. The molecule has 2 aromatic rings. The highest BCUT2D eigenvalue weighted by Crippen LogP contribution is 2.28. The molecule has 0 radical (unpaired) electrons. The minimum atomic E-state index is -0.856. The number of hydrogen-bond acceptors (Lipinski definition) is 1. The van der Waals surface area contributed by atoms with Crippen LogP contribution in [0.3, 0.4) is 0 Å². The first-order chi connectivity index (χ1) is 8.47. The Morgan fingerprint density at radius 1 is 1.33 bits per heavy atom. The molecule has 2 rings (SSSR count). The molecule has 0 saturated heterocycles. The molecule has 0 amide bonds. The zero-order valence-corrected chi connectivity index (χ0v) is 11.4. The zero-order chi connectivity index (χ0) is 13.4. The number of aryl methyl sites for hydroxylation is 3. The fraction of sp³-hybridized carbons (Fsp3) is 0.400. The maximum absolute atomic E-state index is 11.2. The van der Waals surface area contributed by atoms with E-state index in [0.717, 1.165) is 23.9 Å². The van der Waals surface area contributed by atoms with Gasteiger partial charge in [0.15, 0.2) is 0 Å². The number of fused-ring (bicyclic) bond motifs is 1. The highest BCUT2D eigenvalue weighted by atomic mass is 16.4. The van der Waals surface area contributed by atoms with Crippen molar-refractivity contribution in [2.45, 2.75) is 33.6 Å². The third kappa shape index (κ3) is 1.80. The van der Waals surface area contributed by atoms with Gasteiger partial charge in [-0.2, -0.15) is 0 Å². The molecule has 1 aromatic carbocycles. The van der Waals surface area contributed by atoms with Crippen molar-refractivity contribution >= 4 is 16.9 Å². The highest BCUT2D eigenvalue weighted by Gasteiger charge is 2.15. The first-order valence-corrected chi connectivity index (χ1v) is 6.29. The molecule has 0 bridgehead atoms. The van der Waals surface area contributed by atoms with Crippen molar-refractivity contribution in [1.82, 2.24) is 4.57 Å². The largest absolute Gasteiger partial charge is 0.478 e. The van der Waals surface area contributed by atoms with Gasteiger partial charge in [0, 0.05) is 23.6 Å². The van der Waals surface area contributed by atoms with E-state index in [1.165, 1.54) is 16.6 Å². The molecule has 0 aliphatic rings. The first-order valence-electron chi connectivity index (χ1n) is 6.29. The predicted octanol–water partition coefficient (Wildman–Crippen LogP) is 3.45. The molecule has 0 aliphatic carbocycles. The van der Waals surface area contributed by atoms with Gasteiger partial charge in [0.05, 0.1) is 5.56 Å². The maximum atomic E-state index is 11.2. The van der Waals surface area contributed by atoms with Gasteiger partial charge in [-0.3, -0.25) is 0 Å². The van der Waals surface area contributed by atoms with E-state index in [1.54, 1.807) is 6.07 Å². The van der Waals surface area contributed by atoms with Crippen molar-refractivity contribution in [1.29, 1.82) is 0 Å². The normalized spacial score (nSPS) is 11.1. The van der Waals surface area contributed by atoms with Crippen LogP contribution in [0.2, 0.25) is 0 Å². The Bertz CT molecular complexity index is 623. The molecule has 1 aromatic heterocycles. The van der Waals surface area contributed by atoms with Gasteiger partial charge >= 0.3 is 5.97 Å². The third-order valence-corrected chi connectivity index (χ3v) is 3.70. The Morgan fingerprint density at radius 2 is 2.00 bits per heavy atom. The van der Waals surface area contributed by atoms with Crippen LogP contribution in [0.25, 0.3) is 10.9 Å². The summed E-state index contributed by atoms with van der Waals surface area (Å²) in [6, 6.07) is 3.80. The van der Waals surface area contributed by atoms with Crippen LogP contribution in [-0.2, 0) is 13.5 Å². The summed E-state index contributed by atoms with van der Waals surface area (Å²) in [5, 5.41) is 10.4. The minimum absolute atomic E-state index is 0.395. The number of benzene rings is 1. The van der Waals surface area contributed by atoms with E-state index < -0.39 is 5.97 Å². The zero-order valence-electron chi connectivity index (χ0n) is 11.4. The number of aromatic nitrogens is 1. The lowest BCUT2D eigenvalue weighted by atomic mass is 10.0. The number of rotatable bonds is 3. The van der Waals surface area contributed by atoms with Crippen LogP contribution < -0.4 is 0 Å². The molecule has 0 fully saturated rings. The van der Waals surface area contributed by atoms with Gasteiger partial charge in [0.25, 0.3) is 0 Å². The predicted molar refractivity (Wildman–Crippen MR) is 73.3 cm³/mol. The van der Waals surface area contributed by atoms with E-state index in [-0.39, 0.29) is 0 Å². The average molecular weight is 245 g/mol. The van der Waals surface area contributed by atoms with Gasteiger partial charge in [0.2, 0.25) is 0 Å². The van der Waals surface area contributed by atoms with E-state index in [9.17, 15) is 9.90 Å². The molecule has 3 heteroatoms. The van der Waals surface area contributed by atoms with E-state index >= 15 is 0 Å². The second-order valence-electron chi connectivity index (χ2n) is 4.86. The first kappa shape index (κ1) is 12.7. The molecule has 3 nitrogen and oxygen atoms in total. The molecule has 0 unspecified atom stereocenters. The fourth-order valence-corrected chi connectivity index (χ4v) is 2.59. The summed E-state index contributed by atoms with van der Waals surface area (Å²) in [6.07, 6.45) is 2.13. The smallest absolute Gasteiger partial charge is 0.336 e. The fourth-order valence-electron chi connectivity index (χ4n) is 2.59. The Morgan fingerprint density at radius 3 is 2.56 bits per heavy atom. The van der Waals surface area contributed by atoms with Gasteiger partial charge < -0.3 is 9.67 Å². The molecule has 1 heterocycles. The minimum Gasteiger partial charge on any atom is -0.478 e. The highest BCUT2D eigenvalue weighted by molar-refractivity contribution is 5.96. The number of nitrogens with zero attached hydrogens (tertiary/aromatic N) is 1. The van der Waals surface area contributed by atoms with Gasteiger partial charge in [-0.25, -0.2) is 4.79 Å². The Labute approximate surface area is 107 Å². The van der Waals surface area contributed by atoms with Crippen molar-refractivity contribution < 1.29 is 9.90 Å². The van der Waals surface area contributed by atoms with Crippen LogP contribution in [0.15, 0.2) is 12.1 Å². The molecule has 96 valence electrons. The summed E-state index contributed by atoms with van der Waals surface area (Å²) >= 11 is 0. The van der Waals surface area contributed by atoms with Crippen LogP contribution in [0, 0.1) is 13.8 Å². The Kier molecular flexibility index (Phi) is 3.16. The topological polar surface area (TPSA) is 42.2 Å². The second-order valence-corrected chi connectivity index (χ2v) is 4.86. The van der Waals surface area contributed by atoms with Crippen molar-refractivity contribution in [3.8, 4) is 0 Å². The van der Waals surface area contributed by atoms with Crippen LogP contribution in [0.5, 0.6) is 0 Å². The van der Waals surface area contributed by atoms with Crippen molar-refractivity contribution in [2.75, 3.05) is 0 Å². The summed E-state index contributed by atoms with van der Waals surface area (Å²) in [7, 11) is 2.00. The average Bonchev–Trinajstić information content (AvgIpc) is 2.53. The van der Waals surface area contributed by atoms with Crippen LogP contribution in [0.4, 0.5) is 0 Å². The monoisotopic (exact) mass is 245 g/mol. The number of carboxylic acid groups (broad SMARTS) is 1. The molecular formula is C15H19NO2. The van der Waals surface area contributed by atoms with Crippen molar-refractivity contribution in [3.63, 3.8) is 0 Å². The van der Waals surface area contributed by atoms with Gasteiger partial charge in [-0.15, -0.1) is 0 Å². The van der Waals surface area contributed by atoms with Gasteiger partial charge in [-0.05, 0) is 43.5 Å². The molecule has 0 aliphatic heterocycles. The second kappa shape index (κ2) is 4.48. The number of hydrogen-bond donors (Lipinski definition) is 1. The van der Waals surface area contributed by atoms with E-state index in [2.05, 4.69) is 18.4 Å². The summed E-state index contributed by atoms with van der Waals surface area (Å²) in [4.78, 5) is 11.2. The Balaban J connectivity index is 2.80. The van der Waals surface area contributed by atoms with Crippen LogP contribution >= 0.6 is 0 Å². The number of carboxylic acids is 1. The molecule has 0 saturated carbocycles. The van der Waals surface area contributed by atoms with E-state index in [4.69, 9.17) is 0 Å². The molecular weight excluding hydrogens is 226 g/mol. The summed E-state index contributed by atoms with van der Waals surface area (Å²) in [5.41, 5.74) is 4.81. The van der Waals surface area contributed by atoms with Gasteiger partial charge in [-0.1, -0.05) is 13.3 Å². The standard InChI is InChI=1S/C15H19NO2/c1-5-6-11-10(3)16(4)14-8-12(15(17)18)9(2)7-13(11)14/h7-8H,5-6H2,1-4H3,(H,17,18). The van der Waals surface area contributed by atoms with Crippen molar-refractivity contribution in [3.05, 3.63) is 34.5 Å². The molecule has 1 N–H and O–H groups in total. The summed E-state index contributed by atoms with van der Waals surface area (Å²) in [5.74, 6) is -0.856. The van der Waals surface area contributed by atoms with Crippen molar-refractivity contribution in [2.24, 2.45) is 7.05 Å². The molecule has 18 heavy (non-hydrogen) atoms. The third-order valence-electron chi connectivity index (χ3n) is 3.70.